The summed E-state index contributed by atoms with van der Waals surface area (Å²) in [4.78, 5) is 0. The number of benzene rings is 1. The molecule has 0 spiro atoms. The van der Waals surface area contributed by atoms with E-state index in [4.69, 9.17) is 5.11 Å². The van der Waals surface area contributed by atoms with Crippen molar-refractivity contribution in [2.45, 2.75) is 32.4 Å². The molecule has 2 N–H and O–H groups in total. The first-order valence-corrected chi connectivity index (χ1v) is 6.58. The summed E-state index contributed by atoms with van der Waals surface area (Å²) in [5.74, 6) is 0.673. The third kappa shape index (κ3) is 3.06. The summed E-state index contributed by atoms with van der Waals surface area (Å²) in [6.45, 7) is 4.04. The van der Waals surface area contributed by atoms with Crippen molar-refractivity contribution in [3.05, 3.63) is 33.8 Å². The Morgan fingerprint density at radius 1 is 1.44 bits per heavy atom. The standard InChI is InChI=1S/C13H18BrNO/c1-9-4-10(2-3-13(9)14)7-15-8-11-5-12(16)6-11/h2-4,11-12,15-16H,5-8H2,1H3. The minimum Gasteiger partial charge on any atom is -0.393 e. The van der Waals surface area contributed by atoms with Gasteiger partial charge in [0.2, 0.25) is 0 Å². The van der Waals surface area contributed by atoms with Gasteiger partial charge in [0, 0.05) is 11.0 Å². The smallest absolute Gasteiger partial charge is 0.0546 e. The zero-order chi connectivity index (χ0) is 11.5. The Morgan fingerprint density at radius 3 is 2.81 bits per heavy atom. The monoisotopic (exact) mass is 283 g/mol. The summed E-state index contributed by atoms with van der Waals surface area (Å²) >= 11 is 3.50. The van der Waals surface area contributed by atoms with Gasteiger partial charge < -0.3 is 10.4 Å². The Morgan fingerprint density at radius 2 is 2.19 bits per heavy atom. The van der Waals surface area contributed by atoms with Gasteiger partial charge in [0.05, 0.1) is 6.10 Å². The highest BCUT2D eigenvalue weighted by atomic mass is 79.9. The lowest BCUT2D eigenvalue weighted by Gasteiger charge is -2.31. The molecule has 88 valence electrons. The number of hydrogen-bond donors (Lipinski definition) is 2. The molecule has 1 saturated carbocycles. The van der Waals surface area contributed by atoms with Gasteiger partial charge in [0.1, 0.15) is 0 Å². The SMILES string of the molecule is Cc1cc(CNCC2CC(O)C2)ccc1Br. The van der Waals surface area contributed by atoms with Crippen LogP contribution in [0.5, 0.6) is 0 Å². The average Bonchev–Trinajstić information content (AvgIpc) is 2.21. The number of nitrogens with one attached hydrogen (secondary N) is 1. The van der Waals surface area contributed by atoms with Crippen LogP contribution in [-0.4, -0.2) is 17.8 Å². The molecule has 1 aliphatic rings. The lowest BCUT2D eigenvalue weighted by atomic mass is 9.82. The first kappa shape index (κ1) is 12.1. The molecule has 0 aromatic heterocycles. The minimum atomic E-state index is -0.0401. The molecule has 0 unspecified atom stereocenters. The van der Waals surface area contributed by atoms with Gasteiger partial charge in [-0.1, -0.05) is 28.1 Å². The van der Waals surface area contributed by atoms with Crippen LogP contribution >= 0.6 is 15.9 Å². The van der Waals surface area contributed by atoms with E-state index >= 15 is 0 Å². The second-order valence-corrected chi connectivity index (χ2v) is 5.56. The quantitative estimate of drug-likeness (QED) is 0.890. The molecule has 0 amide bonds. The third-order valence-electron chi connectivity index (χ3n) is 3.20. The highest BCUT2D eigenvalue weighted by molar-refractivity contribution is 9.10. The fourth-order valence-corrected chi connectivity index (χ4v) is 2.35. The van der Waals surface area contributed by atoms with Crippen LogP contribution in [0.3, 0.4) is 0 Å². The predicted molar refractivity (Wildman–Crippen MR) is 69.3 cm³/mol. The number of rotatable bonds is 4. The second kappa shape index (κ2) is 5.30. The second-order valence-electron chi connectivity index (χ2n) is 4.71. The van der Waals surface area contributed by atoms with Crippen molar-refractivity contribution in [2.24, 2.45) is 5.92 Å². The lowest BCUT2D eigenvalue weighted by molar-refractivity contribution is 0.0430. The number of hydrogen-bond acceptors (Lipinski definition) is 2. The largest absolute Gasteiger partial charge is 0.393 e. The number of aliphatic hydroxyl groups is 1. The summed E-state index contributed by atoms with van der Waals surface area (Å²) in [5, 5.41) is 12.6. The molecule has 0 heterocycles. The Hall–Kier alpha value is -0.380. The van der Waals surface area contributed by atoms with Crippen LogP contribution < -0.4 is 5.32 Å². The van der Waals surface area contributed by atoms with Crippen molar-refractivity contribution in [3.8, 4) is 0 Å². The van der Waals surface area contributed by atoms with Crippen LogP contribution in [0.1, 0.15) is 24.0 Å². The maximum Gasteiger partial charge on any atom is 0.0546 e. The molecule has 1 fully saturated rings. The fourth-order valence-electron chi connectivity index (χ4n) is 2.10. The van der Waals surface area contributed by atoms with Gasteiger partial charge >= 0.3 is 0 Å². The Balaban J connectivity index is 1.74. The van der Waals surface area contributed by atoms with E-state index in [0.29, 0.717) is 5.92 Å². The molecule has 0 atom stereocenters. The number of aliphatic hydroxyl groups excluding tert-OH is 1. The maximum atomic E-state index is 9.17. The van der Waals surface area contributed by atoms with Gasteiger partial charge in [-0.3, -0.25) is 0 Å². The Labute approximate surface area is 105 Å². The molecule has 1 aromatic rings. The van der Waals surface area contributed by atoms with Crippen LogP contribution in [-0.2, 0) is 6.54 Å². The van der Waals surface area contributed by atoms with Gasteiger partial charge in [-0.05, 0) is 49.4 Å². The van der Waals surface area contributed by atoms with E-state index < -0.39 is 0 Å². The Kier molecular flexibility index (Phi) is 4.00. The van der Waals surface area contributed by atoms with Gasteiger partial charge in [0.25, 0.3) is 0 Å². The summed E-state index contributed by atoms with van der Waals surface area (Å²) in [6, 6.07) is 6.44. The van der Waals surface area contributed by atoms with E-state index in [1.54, 1.807) is 0 Å². The minimum absolute atomic E-state index is 0.0401. The fraction of sp³-hybridized carbons (Fsp3) is 0.538. The summed E-state index contributed by atoms with van der Waals surface area (Å²) in [7, 11) is 0. The van der Waals surface area contributed by atoms with Crippen molar-refractivity contribution in [3.63, 3.8) is 0 Å². The number of halogens is 1. The molecule has 1 aliphatic carbocycles. The van der Waals surface area contributed by atoms with E-state index in [2.05, 4.69) is 46.4 Å². The van der Waals surface area contributed by atoms with Crippen molar-refractivity contribution in [2.75, 3.05) is 6.54 Å². The van der Waals surface area contributed by atoms with Crippen molar-refractivity contribution >= 4 is 15.9 Å². The van der Waals surface area contributed by atoms with Crippen LogP contribution in [0.15, 0.2) is 22.7 Å². The Bertz CT molecular complexity index is 361. The molecule has 0 radical (unpaired) electrons. The molecule has 0 aliphatic heterocycles. The van der Waals surface area contributed by atoms with Crippen LogP contribution in [0.2, 0.25) is 0 Å². The summed E-state index contributed by atoms with van der Waals surface area (Å²) < 4.78 is 1.17. The van der Waals surface area contributed by atoms with Crippen molar-refractivity contribution in [1.82, 2.24) is 5.32 Å². The number of aryl methyl sites for hydroxylation is 1. The molecule has 16 heavy (non-hydrogen) atoms. The summed E-state index contributed by atoms with van der Waals surface area (Å²) in [6.07, 6.45) is 1.89. The topological polar surface area (TPSA) is 32.3 Å². The normalized spacial score (nSPS) is 24.2. The molecule has 0 bridgehead atoms. The average molecular weight is 284 g/mol. The zero-order valence-electron chi connectivity index (χ0n) is 9.54. The van der Waals surface area contributed by atoms with Gasteiger partial charge in [-0.2, -0.15) is 0 Å². The van der Waals surface area contributed by atoms with Crippen LogP contribution in [0.25, 0.3) is 0 Å². The molecule has 1 aromatic carbocycles. The molecular formula is C13H18BrNO. The van der Waals surface area contributed by atoms with Crippen LogP contribution in [0.4, 0.5) is 0 Å². The molecule has 0 saturated heterocycles. The first-order valence-electron chi connectivity index (χ1n) is 5.79. The first-order chi connectivity index (χ1) is 7.65. The predicted octanol–water partition coefficient (Wildman–Crippen LogP) is 2.62. The van der Waals surface area contributed by atoms with Gasteiger partial charge in [0.15, 0.2) is 0 Å². The molecule has 3 heteroatoms. The van der Waals surface area contributed by atoms with Gasteiger partial charge in [-0.25, -0.2) is 0 Å². The maximum absolute atomic E-state index is 9.17. The van der Waals surface area contributed by atoms with Crippen molar-refractivity contribution < 1.29 is 5.11 Å². The van der Waals surface area contributed by atoms with Crippen molar-refractivity contribution in [1.29, 1.82) is 0 Å². The highest BCUT2D eigenvalue weighted by Gasteiger charge is 2.26. The van der Waals surface area contributed by atoms with E-state index in [9.17, 15) is 0 Å². The van der Waals surface area contributed by atoms with E-state index in [1.807, 2.05) is 0 Å². The molecular weight excluding hydrogens is 266 g/mol. The summed E-state index contributed by atoms with van der Waals surface area (Å²) in [5.41, 5.74) is 2.60. The van der Waals surface area contributed by atoms with Gasteiger partial charge in [-0.15, -0.1) is 0 Å². The van der Waals surface area contributed by atoms with E-state index in [-0.39, 0.29) is 6.10 Å². The zero-order valence-corrected chi connectivity index (χ0v) is 11.1. The van der Waals surface area contributed by atoms with E-state index in [1.165, 1.54) is 15.6 Å². The lowest BCUT2D eigenvalue weighted by Crippen LogP contribution is -2.35. The molecule has 2 nitrogen and oxygen atoms in total. The van der Waals surface area contributed by atoms with Crippen LogP contribution in [0, 0.1) is 12.8 Å². The molecule has 2 rings (SSSR count). The highest BCUT2D eigenvalue weighted by Crippen LogP contribution is 2.26. The third-order valence-corrected chi connectivity index (χ3v) is 4.09. The van der Waals surface area contributed by atoms with E-state index in [0.717, 1.165) is 25.9 Å².